The van der Waals surface area contributed by atoms with Crippen LogP contribution in [0.1, 0.15) is 4.88 Å². The van der Waals surface area contributed by atoms with Gasteiger partial charge in [-0.15, -0.1) is 11.3 Å². The molecule has 6 heteroatoms. The second kappa shape index (κ2) is 7.72. The molecule has 1 aromatic heterocycles. The second-order valence-corrected chi connectivity index (χ2v) is 6.43. The molecule has 0 aliphatic rings. The smallest absolute Gasteiger partial charge is 0.266 e. The molecule has 0 bridgehead atoms. The third-order valence-corrected chi connectivity index (χ3v) is 4.60. The van der Waals surface area contributed by atoms with E-state index in [2.05, 4.69) is 5.32 Å². The SMILES string of the molecule is N#C/C(=C\c1ccc(-c2ccccc2)s1)C(=O)Nc1ccc(F)cc1F. The van der Waals surface area contributed by atoms with Crippen LogP contribution >= 0.6 is 11.3 Å². The number of benzene rings is 2. The number of hydrogen-bond acceptors (Lipinski definition) is 3. The summed E-state index contributed by atoms with van der Waals surface area (Å²) in [5, 5.41) is 11.5. The molecule has 0 atom stereocenters. The third kappa shape index (κ3) is 4.02. The molecule has 0 fully saturated rings. The highest BCUT2D eigenvalue weighted by Crippen LogP contribution is 2.29. The number of anilines is 1. The van der Waals surface area contributed by atoms with E-state index in [-0.39, 0.29) is 11.3 Å². The number of halogens is 2. The molecule has 128 valence electrons. The highest BCUT2D eigenvalue weighted by atomic mass is 32.1. The standard InChI is InChI=1S/C20H12F2N2OS/c21-15-6-8-18(17(22)11-15)24-20(25)14(12-23)10-16-7-9-19(26-16)13-4-2-1-3-5-13/h1-11H,(H,24,25)/b14-10+. The number of rotatable bonds is 4. The molecule has 0 radical (unpaired) electrons. The predicted molar refractivity (Wildman–Crippen MR) is 98.3 cm³/mol. The van der Waals surface area contributed by atoms with Crippen molar-refractivity contribution in [2.24, 2.45) is 0 Å². The first-order valence-corrected chi connectivity index (χ1v) is 8.42. The first-order chi connectivity index (χ1) is 12.6. The first kappa shape index (κ1) is 17.5. The molecule has 0 saturated carbocycles. The van der Waals surface area contributed by atoms with Crippen LogP contribution in [0.15, 0.2) is 66.2 Å². The molecule has 2 aromatic carbocycles. The van der Waals surface area contributed by atoms with E-state index in [4.69, 9.17) is 0 Å². The molecular weight excluding hydrogens is 354 g/mol. The zero-order valence-corrected chi connectivity index (χ0v) is 14.2. The largest absolute Gasteiger partial charge is 0.319 e. The number of carbonyl (C=O) groups is 1. The minimum Gasteiger partial charge on any atom is -0.319 e. The van der Waals surface area contributed by atoms with Gasteiger partial charge in [0.25, 0.3) is 5.91 Å². The summed E-state index contributed by atoms with van der Waals surface area (Å²) in [6.07, 6.45) is 1.44. The molecule has 0 saturated heterocycles. The predicted octanol–water partition coefficient (Wildman–Crippen LogP) is 5.24. The van der Waals surface area contributed by atoms with Crippen LogP contribution < -0.4 is 5.32 Å². The number of nitriles is 1. The van der Waals surface area contributed by atoms with Crippen LogP contribution in [0.4, 0.5) is 14.5 Å². The third-order valence-electron chi connectivity index (χ3n) is 3.52. The van der Waals surface area contributed by atoms with Crippen LogP contribution in [0, 0.1) is 23.0 Å². The van der Waals surface area contributed by atoms with Crippen molar-refractivity contribution in [3.05, 3.63) is 82.7 Å². The lowest BCUT2D eigenvalue weighted by atomic mass is 10.2. The van der Waals surface area contributed by atoms with Gasteiger partial charge in [-0.3, -0.25) is 4.79 Å². The monoisotopic (exact) mass is 366 g/mol. The quantitative estimate of drug-likeness (QED) is 0.507. The second-order valence-electron chi connectivity index (χ2n) is 5.32. The van der Waals surface area contributed by atoms with Crippen molar-refractivity contribution in [3.8, 4) is 16.5 Å². The summed E-state index contributed by atoms with van der Waals surface area (Å²) in [5.74, 6) is -2.41. The van der Waals surface area contributed by atoms with Gasteiger partial charge in [0, 0.05) is 15.8 Å². The van der Waals surface area contributed by atoms with Crippen LogP contribution in [-0.2, 0) is 4.79 Å². The van der Waals surface area contributed by atoms with Crippen molar-refractivity contribution in [2.45, 2.75) is 0 Å². The number of thiophene rings is 1. The Hall–Kier alpha value is -3.30. The number of amides is 1. The first-order valence-electron chi connectivity index (χ1n) is 7.60. The Balaban J connectivity index is 1.81. The van der Waals surface area contributed by atoms with E-state index < -0.39 is 17.5 Å². The molecule has 26 heavy (non-hydrogen) atoms. The zero-order chi connectivity index (χ0) is 18.5. The average molecular weight is 366 g/mol. The maximum absolute atomic E-state index is 13.6. The van der Waals surface area contributed by atoms with Crippen molar-refractivity contribution in [1.29, 1.82) is 5.26 Å². The van der Waals surface area contributed by atoms with Gasteiger partial charge in [-0.25, -0.2) is 8.78 Å². The maximum Gasteiger partial charge on any atom is 0.266 e. The van der Waals surface area contributed by atoms with E-state index in [1.807, 2.05) is 42.5 Å². The summed E-state index contributed by atoms with van der Waals surface area (Å²) < 4.78 is 26.6. The molecule has 0 aliphatic heterocycles. The number of nitrogens with one attached hydrogen (secondary N) is 1. The zero-order valence-electron chi connectivity index (χ0n) is 13.4. The van der Waals surface area contributed by atoms with Gasteiger partial charge >= 0.3 is 0 Å². The van der Waals surface area contributed by atoms with Crippen LogP contribution in [0.5, 0.6) is 0 Å². The summed E-state index contributed by atoms with van der Waals surface area (Å²) in [7, 11) is 0. The van der Waals surface area contributed by atoms with Crippen molar-refractivity contribution >= 4 is 29.0 Å². The molecule has 3 rings (SSSR count). The van der Waals surface area contributed by atoms with Gasteiger partial charge in [0.05, 0.1) is 5.69 Å². The fourth-order valence-electron chi connectivity index (χ4n) is 2.26. The van der Waals surface area contributed by atoms with Gasteiger partial charge in [-0.05, 0) is 35.9 Å². The van der Waals surface area contributed by atoms with Crippen LogP contribution in [-0.4, -0.2) is 5.91 Å². The lowest BCUT2D eigenvalue weighted by molar-refractivity contribution is -0.112. The highest BCUT2D eigenvalue weighted by Gasteiger charge is 2.13. The van der Waals surface area contributed by atoms with E-state index >= 15 is 0 Å². The van der Waals surface area contributed by atoms with Crippen molar-refractivity contribution in [3.63, 3.8) is 0 Å². The lowest BCUT2D eigenvalue weighted by Gasteiger charge is -2.05. The maximum atomic E-state index is 13.6. The van der Waals surface area contributed by atoms with Gasteiger partial charge in [-0.2, -0.15) is 5.26 Å². The number of hydrogen-bond donors (Lipinski definition) is 1. The molecular formula is C20H12F2N2OS. The van der Waals surface area contributed by atoms with Gasteiger partial charge in [-0.1, -0.05) is 30.3 Å². The Kier molecular flexibility index (Phi) is 5.20. The van der Waals surface area contributed by atoms with E-state index in [0.717, 1.165) is 27.5 Å². The minimum atomic E-state index is -0.905. The van der Waals surface area contributed by atoms with Crippen LogP contribution in [0.25, 0.3) is 16.5 Å². The fourth-order valence-corrected chi connectivity index (χ4v) is 3.22. The van der Waals surface area contributed by atoms with Gasteiger partial charge in [0.1, 0.15) is 23.3 Å². The molecule has 0 aliphatic carbocycles. The van der Waals surface area contributed by atoms with Gasteiger partial charge in [0.15, 0.2) is 0 Å². The van der Waals surface area contributed by atoms with Crippen LogP contribution in [0.3, 0.4) is 0 Å². The molecule has 1 N–H and O–H groups in total. The van der Waals surface area contributed by atoms with Gasteiger partial charge < -0.3 is 5.32 Å². The van der Waals surface area contributed by atoms with E-state index in [1.165, 1.54) is 17.4 Å². The Morgan fingerprint density at radius 3 is 2.54 bits per heavy atom. The van der Waals surface area contributed by atoms with Crippen molar-refractivity contribution in [1.82, 2.24) is 0 Å². The lowest BCUT2D eigenvalue weighted by Crippen LogP contribution is -2.14. The topological polar surface area (TPSA) is 52.9 Å². The summed E-state index contributed by atoms with van der Waals surface area (Å²) in [6.45, 7) is 0. The van der Waals surface area contributed by atoms with Crippen molar-refractivity contribution in [2.75, 3.05) is 5.32 Å². The number of carbonyl (C=O) groups excluding carboxylic acids is 1. The molecule has 3 nitrogen and oxygen atoms in total. The summed E-state index contributed by atoms with van der Waals surface area (Å²) in [4.78, 5) is 13.9. The Morgan fingerprint density at radius 2 is 1.85 bits per heavy atom. The van der Waals surface area contributed by atoms with Gasteiger partial charge in [0.2, 0.25) is 0 Å². The van der Waals surface area contributed by atoms with Crippen LogP contribution in [0.2, 0.25) is 0 Å². The van der Waals surface area contributed by atoms with E-state index in [9.17, 15) is 18.8 Å². The molecule has 0 unspecified atom stereocenters. The van der Waals surface area contributed by atoms with E-state index in [1.54, 1.807) is 6.07 Å². The fraction of sp³-hybridized carbons (Fsp3) is 0. The summed E-state index contributed by atoms with van der Waals surface area (Å²) in [5.41, 5.74) is 0.678. The van der Waals surface area contributed by atoms with E-state index in [0.29, 0.717) is 6.07 Å². The molecule has 0 spiro atoms. The molecule has 3 aromatic rings. The summed E-state index contributed by atoms with van der Waals surface area (Å²) in [6, 6.07) is 18.0. The Labute approximate surface area is 152 Å². The average Bonchev–Trinajstić information content (AvgIpc) is 3.11. The van der Waals surface area contributed by atoms with Crippen molar-refractivity contribution < 1.29 is 13.6 Å². The molecule has 1 amide bonds. The normalized spacial score (nSPS) is 11.0. The molecule has 1 heterocycles. The Bertz CT molecular complexity index is 1020. The minimum absolute atomic E-state index is 0.171. The summed E-state index contributed by atoms with van der Waals surface area (Å²) >= 11 is 1.43. The number of nitrogens with zero attached hydrogens (tertiary/aromatic N) is 1. The Morgan fingerprint density at radius 1 is 1.08 bits per heavy atom. The highest BCUT2D eigenvalue weighted by molar-refractivity contribution is 7.16.